The van der Waals surface area contributed by atoms with Gasteiger partial charge in [-0.2, -0.15) is 0 Å². The molecule has 6 nitrogen and oxygen atoms in total. The van der Waals surface area contributed by atoms with Gasteiger partial charge in [0.25, 0.3) is 0 Å². The lowest BCUT2D eigenvalue weighted by molar-refractivity contribution is -0.128. The second kappa shape index (κ2) is 9.95. The molecule has 0 unspecified atom stereocenters. The average molecular weight is 438 g/mol. The number of carbonyl (C=O) groups is 1. The van der Waals surface area contributed by atoms with Gasteiger partial charge >= 0.3 is 0 Å². The Morgan fingerprint density at radius 2 is 1.73 bits per heavy atom. The number of hydrogen-bond donors (Lipinski definition) is 0. The molecule has 154 valence electrons. The molecule has 0 N–H and O–H groups in total. The van der Waals surface area contributed by atoms with Gasteiger partial charge in [0.2, 0.25) is 5.91 Å². The maximum absolute atomic E-state index is 12.7. The molecule has 3 aromatic rings. The van der Waals surface area contributed by atoms with Gasteiger partial charge in [-0.3, -0.25) is 4.79 Å². The number of amides is 1. The van der Waals surface area contributed by atoms with Crippen molar-refractivity contribution in [2.45, 2.75) is 21.9 Å². The van der Waals surface area contributed by atoms with Gasteiger partial charge in [0.15, 0.2) is 0 Å². The van der Waals surface area contributed by atoms with E-state index in [0.29, 0.717) is 18.8 Å². The Hall–Kier alpha value is -2.58. The molecule has 0 bridgehead atoms. The van der Waals surface area contributed by atoms with E-state index in [0.717, 1.165) is 33.9 Å². The summed E-state index contributed by atoms with van der Waals surface area (Å²) in [7, 11) is 0. The highest BCUT2D eigenvalue weighted by molar-refractivity contribution is 8.02. The zero-order valence-corrected chi connectivity index (χ0v) is 18.4. The Labute approximate surface area is 185 Å². The third kappa shape index (κ3) is 5.31. The molecular formula is C22H23N5OS2. The van der Waals surface area contributed by atoms with Crippen LogP contribution < -0.4 is 4.90 Å². The fraction of sp³-hybridized carbons (Fsp3) is 0.273. The van der Waals surface area contributed by atoms with Crippen LogP contribution in [-0.4, -0.2) is 57.7 Å². The topological polar surface area (TPSA) is 62.2 Å². The third-order valence-corrected chi connectivity index (χ3v) is 6.85. The Bertz CT molecular complexity index is 994. The standard InChI is InChI=1S/C22H23N5OS2/c1-17-5-4-6-18(15-17)30-22-21(24-9-10-25-22)29-16-20(28)27-13-11-26(12-14-27)19-7-2-3-8-23-19/h2-10,15H,11-14,16H2,1H3. The fourth-order valence-electron chi connectivity index (χ4n) is 3.22. The fourth-order valence-corrected chi connectivity index (χ4v) is 5.14. The highest BCUT2D eigenvalue weighted by Gasteiger charge is 2.22. The van der Waals surface area contributed by atoms with Crippen molar-refractivity contribution in [3.63, 3.8) is 0 Å². The van der Waals surface area contributed by atoms with Crippen LogP contribution in [0.4, 0.5) is 5.82 Å². The van der Waals surface area contributed by atoms with E-state index < -0.39 is 0 Å². The predicted molar refractivity (Wildman–Crippen MR) is 121 cm³/mol. The molecule has 0 atom stereocenters. The number of benzene rings is 1. The maximum atomic E-state index is 12.7. The van der Waals surface area contributed by atoms with Crippen molar-refractivity contribution in [3.05, 3.63) is 66.6 Å². The molecule has 1 aliphatic heterocycles. The van der Waals surface area contributed by atoms with Crippen LogP contribution in [0.1, 0.15) is 5.56 Å². The second-order valence-corrected chi connectivity index (χ2v) is 8.96. The van der Waals surface area contributed by atoms with Crippen molar-refractivity contribution < 1.29 is 4.79 Å². The molecule has 4 rings (SSSR count). The van der Waals surface area contributed by atoms with Crippen LogP contribution in [0.3, 0.4) is 0 Å². The Kier molecular flexibility index (Phi) is 6.86. The number of anilines is 1. The van der Waals surface area contributed by atoms with Crippen LogP contribution >= 0.6 is 23.5 Å². The summed E-state index contributed by atoms with van der Waals surface area (Å²) >= 11 is 3.04. The van der Waals surface area contributed by atoms with Crippen molar-refractivity contribution >= 4 is 35.2 Å². The van der Waals surface area contributed by atoms with E-state index in [4.69, 9.17) is 0 Å². The highest BCUT2D eigenvalue weighted by atomic mass is 32.2. The van der Waals surface area contributed by atoms with Crippen LogP contribution in [0.5, 0.6) is 0 Å². The molecule has 0 aliphatic carbocycles. The first-order chi connectivity index (χ1) is 14.7. The molecule has 8 heteroatoms. The van der Waals surface area contributed by atoms with Gasteiger partial charge in [-0.05, 0) is 31.2 Å². The van der Waals surface area contributed by atoms with E-state index in [-0.39, 0.29) is 5.91 Å². The van der Waals surface area contributed by atoms with Gasteiger partial charge in [-0.25, -0.2) is 15.0 Å². The van der Waals surface area contributed by atoms with Crippen molar-refractivity contribution in [1.29, 1.82) is 0 Å². The molecule has 3 heterocycles. The van der Waals surface area contributed by atoms with E-state index >= 15 is 0 Å². The summed E-state index contributed by atoms with van der Waals surface area (Å²) in [5.74, 6) is 1.47. The van der Waals surface area contributed by atoms with Crippen molar-refractivity contribution in [1.82, 2.24) is 19.9 Å². The number of pyridine rings is 1. The number of aryl methyl sites for hydroxylation is 1. The summed E-state index contributed by atoms with van der Waals surface area (Å²) in [4.78, 5) is 31.3. The number of carbonyl (C=O) groups excluding carboxylic acids is 1. The minimum Gasteiger partial charge on any atom is -0.353 e. The number of thioether (sulfide) groups is 1. The predicted octanol–water partition coefficient (Wildman–Crippen LogP) is 3.77. The van der Waals surface area contributed by atoms with Crippen LogP contribution in [0.15, 0.2) is 76.0 Å². The van der Waals surface area contributed by atoms with E-state index in [9.17, 15) is 4.79 Å². The molecule has 30 heavy (non-hydrogen) atoms. The Balaban J connectivity index is 1.32. The largest absolute Gasteiger partial charge is 0.353 e. The van der Waals surface area contributed by atoms with Gasteiger partial charge in [0.05, 0.1) is 5.75 Å². The summed E-state index contributed by atoms with van der Waals surface area (Å²) in [6, 6.07) is 14.2. The zero-order chi connectivity index (χ0) is 20.8. The number of piperazine rings is 1. The van der Waals surface area contributed by atoms with Gasteiger partial charge in [0.1, 0.15) is 15.9 Å². The first kappa shape index (κ1) is 20.7. The Morgan fingerprint density at radius 1 is 0.933 bits per heavy atom. The van der Waals surface area contributed by atoms with Gasteiger partial charge in [0, 0.05) is 49.7 Å². The summed E-state index contributed by atoms with van der Waals surface area (Å²) in [5.41, 5.74) is 1.21. The molecule has 2 aromatic heterocycles. The van der Waals surface area contributed by atoms with Crippen LogP contribution in [0.25, 0.3) is 0 Å². The van der Waals surface area contributed by atoms with E-state index in [1.165, 1.54) is 17.3 Å². The van der Waals surface area contributed by atoms with E-state index in [1.807, 2.05) is 29.2 Å². The first-order valence-corrected chi connectivity index (χ1v) is 11.6. The summed E-state index contributed by atoms with van der Waals surface area (Å²) < 4.78 is 0. The minimum atomic E-state index is 0.137. The van der Waals surface area contributed by atoms with Crippen LogP contribution in [0, 0.1) is 6.92 Å². The molecule has 1 aromatic carbocycles. The Morgan fingerprint density at radius 3 is 2.47 bits per heavy atom. The summed E-state index contributed by atoms with van der Waals surface area (Å²) in [5, 5.41) is 1.63. The second-order valence-electron chi connectivity index (χ2n) is 6.93. The van der Waals surface area contributed by atoms with Gasteiger partial charge in [-0.15, -0.1) is 0 Å². The molecule has 0 radical (unpaired) electrons. The van der Waals surface area contributed by atoms with Crippen molar-refractivity contribution in [2.75, 3.05) is 36.8 Å². The van der Waals surface area contributed by atoms with Crippen LogP contribution in [0.2, 0.25) is 0 Å². The molecular weight excluding hydrogens is 414 g/mol. The number of rotatable bonds is 6. The summed E-state index contributed by atoms with van der Waals surface area (Å²) in [6.07, 6.45) is 5.18. The third-order valence-electron chi connectivity index (χ3n) is 4.78. The summed E-state index contributed by atoms with van der Waals surface area (Å²) in [6.45, 7) is 5.09. The molecule has 1 amide bonds. The number of nitrogens with zero attached hydrogens (tertiary/aromatic N) is 5. The first-order valence-electron chi connectivity index (χ1n) is 9.81. The van der Waals surface area contributed by atoms with Crippen molar-refractivity contribution in [3.8, 4) is 0 Å². The SMILES string of the molecule is Cc1cccc(Sc2nccnc2SCC(=O)N2CCN(c3ccccn3)CC2)c1. The average Bonchev–Trinajstić information content (AvgIpc) is 2.79. The number of aromatic nitrogens is 3. The van der Waals surface area contributed by atoms with Gasteiger partial charge < -0.3 is 9.80 Å². The van der Waals surface area contributed by atoms with Crippen molar-refractivity contribution in [2.24, 2.45) is 0 Å². The van der Waals surface area contributed by atoms with E-state index in [1.54, 1.807) is 30.4 Å². The lowest BCUT2D eigenvalue weighted by atomic mass is 10.2. The quantitative estimate of drug-likeness (QED) is 0.544. The van der Waals surface area contributed by atoms with Crippen LogP contribution in [-0.2, 0) is 4.79 Å². The number of hydrogen-bond acceptors (Lipinski definition) is 7. The lowest BCUT2D eigenvalue weighted by Gasteiger charge is -2.35. The van der Waals surface area contributed by atoms with E-state index in [2.05, 4.69) is 45.0 Å². The maximum Gasteiger partial charge on any atom is 0.233 e. The monoisotopic (exact) mass is 437 g/mol. The van der Waals surface area contributed by atoms with Gasteiger partial charge in [-0.1, -0.05) is 47.3 Å². The molecule has 1 aliphatic rings. The lowest BCUT2D eigenvalue weighted by Crippen LogP contribution is -2.49. The molecule has 1 fully saturated rings. The molecule has 0 spiro atoms. The zero-order valence-electron chi connectivity index (χ0n) is 16.8. The minimum absolute atomic E-state index is 0.137. The molecule has 1 saturated heterocycles. The normalized spacial score (nSPS) is 14.0. The molecule has 0 saturated carbocycles. The highest BCUT2D eigenvalue weighted by Crippen LogP contribution is 2.33. The smallest absolute Gasteiger partial charge is 0.233 e.